The number of anilines is 2. The van der Waals surface area contributed by atoms with Crippen LogP contribution in [-0.4, -0.2) is 24.8 Å². The van der Waals surface area contributed by atoms with Gasteiger partial charge in [-0.3, -0.25) is 4.79 Å². The lowest BCUT2D eigenvalue weighted by Crippen LogP contribution is -2.37. The highest BCUT2D eigenvalue weighted by Crippen LogP contribution is 2.19. The van der Waals surface area contributed by atoms with E-state index in [4.69, 9.17) is 5.73 Å². The molecule has 0 bridgehead atoms. The third-order valence-corrected chi connectivity index (χ3v) is 5.90. The summed E-state index contributed by atoms with van der Waals surface area (Å²) in [6, 6.07) is 3.71. The number of sulfone groups is 1. The lowest BCUT2D eigenvalue weighted by atomic mass is 10.2. The number of nitrogen functional groups attached to an aromatic ring is 1. The van der Waals surface area contributed by atoms with Gasteiger partial charge in [0, 0.05) is 5.69 Å². The van der Waals surface area contributed by atoms with E-state index in [9.17, 15) is 17.6 Å². The van der Waals surface area contributed by atoms with Crippen molar-refractivity contribution in [1.82, 2.24) is 0 Å². The fraction of sp³-hybridized carbons (Fsp3) is 0.462. The van der Waals surface area contributed by atoms with Gasteiger partial charge < -0.3 is 11.1 Å². The van der Waals surface area contributed by atoms with Crippen molar-refractivity contribution in [2.24, 2.45) is 0 Å². The SMILES string of the molecule is CCC(C)S(=O)(=O)C(C)C(=O)Nc1cc(N)ccc1F. The summed E-state index contributed by atoms with van der Waals surface area (Å²) >= 11 is 0. The third-order valence-electron chi connectivity index (χ3n) is 3.25. The highest BCUT2D eigenvalue weighted by molar-refractivity contribution is 7.93. The van der Waals surface area contributed by atoms with Crippen LogP contribution < -0.4 is 11.1 Å². The topological polar surface area (TPSA) is 89.3 Å². The lowest BCUT2D eigenvalue weighted by molar-refractivity contribution is -0.115. The van der Waals surface area contributed by atoms with Gasteiger partial charge in [0.15, 0.2) is 9.84 Å². The van der Waals surface area contributed by atoms with Crippen LogP contribution >= 0.6 is 0 Å². The van der Waals surface area contributed by atoms with Crippen molar-refractivity contribution < 1.29 is 17.6 Å². The Labute approximate surface area is 118 Å². The van der Waals surface area contributed by atoms with Gasteiger partial charge in [-0.15, -0.1) is 0 Å². The van der Waals surface area contributed by atoms with Crippen molar-refractivity contribution in [2.45, 2.75) is 37.7 Å². The number of rotatable bonds is 5. The van der Waals surface area contributed by atoms with Crippen LogP contribution in [-0.2, 0) is 14.6 Å². The molecule has 1 aromatic rings. The monoisotopic (exact) mass is 302 g/mol. The summed E-state index contributed by atoms with van der Waals surface area (Å²) in [6.45, 7) is 4.56. The molecule has 0 aliphatic carbocycles. The molecule has 0 aliphatic heterocycles. The summed E-state index contributed by atoms with van der Waals surface area (Å²) in [4.78, 5) is 11.9. The second-order valence-electron chi connectivity index (χ2n) is 4.68. The molecule has 1 aromatic carbocycles. The first-order chi connectivity index (χ1) is 9.20. The van der Waals surface area contributed by atoms with Crippen LogP contribution in [0.5, 0.6) is 0 Å². The molecule has 0 aromatic heterocycles. The number of carbonyl (C=O) groups excluding carboxylic acids is 1. The number of benzene rings is 1. The Kier molecular flexibility index (Phi) is 5.10. The molecule has 20 heavy (non-hydrogen) atoms. The fourth-order valence-corrected chi connectivity index (χ4v) is 3.12. The van der Waals surface area contributed by atoms with Crippen molar-refractivity contribution in [3.05, 3.63) is 24.0 Å². The number of hydrogen-bond donors (Lipinski definition) is 2. The number of amides is 1. The minimum absolute atomic E-state index is 0.124. The van der Waals surface area contributed by atoms with E-state index in [1.807, 2.05) is 0 Å². The third kappa shape index (κ3) is 3.47. The van der Waals surface area contributed by atoms with E-state index in [1.165, 1.54) is 19.1 Å². The molecular formula is C13H19FN2O3S. The van der Waals surface area contributed by atoms with Gasteiger partial charge in [-0.05, 0) is 38.5 Å². The lowest BCUT2D eigenvalue weighted by Gasteiger charge is -2.17. The van der Waals surface area contributed by atoms with Crippen LogP contribution in [0.4, 0.5) is 15.8 Å². The first kappa shape index (κ1) is 16.4. The normalized spacial score (nSPS) is 14.6. The largest absolute Gasteiger partial charge is 0.399 e. The van der Waals surface area contributed by atoms with Gasteiger partial charge in [-0.25, -0.2) is 12.8 Å². The molecule has 0 radical (unpaired) electrons. The second kappa shape index (κ2) is 6.21. The van der Waals surface area contributed by atoms with Gasteiger partial charge in [0.05, 0.1) is 10.9 Å². The van der Waals surface area contributed by atoms with Crippen LogP contribution in [0.1, 0.15) is 27.2 Å². The molecule has 0 saturated carbocycles. The molecule has 0 heterocycles. The zero-order chi connectivity index (χ0) is 15.5. The molecule has 1 rings (SSSR count). The Morgan fingerprint density at radius 3 is 2.55 bits per heavy atom. The predicted molar refractivity (Wildman–Crippen MR) is 77.6 cm³/mol. The van der Waals surface area contributed by atoms with Gasteiger partial charge in [0.25, 0.3) is 0 Å². The summed E-state index contributed by atoms with van der Waals surface area (Å²) in [6.07, 6.45) is 0.409. The molecule has 2 unspecified atom stereocenters. The molecule has 0 aliphatic rings. The number of nitrogens with one attached hydrogen (secondary N) is 1. The Morgan fingerprint density at radius 2 is 2.00 bits per heavy atom. The van der Waals surface area contributed by atoms with E-state index in [1.54, 1.807) is 13.8 Å². The van der Waals surface area contributed by atoms with E-state index >= 15 is 0 Å². The molecule has 7 heteroatoms. The quantitative estimate of drug-likeness (QED) is 0.814. The van der Waals surface area contributed by atoms with Crippen molar-refractivity contribution >= 4 is 27.1 Å². The summed E-state index contributed by atoms with van der Waals surface area (Å²) in [5.41, 5.74) is 5.65. The van der Waals surface area contributed by atoms with Crippen molar-refractivity contribution in [3.63, 3.8) is 0 Å². The van der Waals surface area contributed by atoms with E-state index in [2.05, 4.69) is 5.32 Å². The molecule has 112 valence electrons. The molecule has 1 amide bonds. The molecule has 0 fully saturated rings. The number of carbonyl (C=O) groups is 1. The van der Waals surface area contributed by atoms with Gasteiger partial charge in [0.2, 0.25) is 5.91 Å². The number of nitrogens with two attached hydrogens (primary N) is 1. The molecular weight excluding hydrogens is 283 g/mol. The second-order valence-corrected chi connectivity index (χ2v) is 7.37. The summed E-state index contributed by atoms with van der Waals surface area (Å²) in [5, 5.41) is 0.381. The van der Waals surface area contributed by atoms with Crippen LogP contribution in [0, 0.1) is 5.82 Å². The van der Waals surface area contributed by atoms with E-state index in [-0.39, 0.29) is 11.4 Å². The van der Waals surface area contributed by atoms with Gasteiger partial charge in [-0.2, -0.15) is 0 Å². The predicted octanol–water partition coefficient (Wildman–Crippen LogP) is 1.95. The first-order valence-corrected chi connectivity index (χ1v) is 7.89. The maximum atomic E-state index is 13.5. The number of halogens is 1. The number of hydrogen-bond acceptors (Lipinski definition) is 4. The zero-order valence-corrected chi connectivity index (χ0v) is 12.5. The molecule has 0 spiro atoms. The van der Waals surface area contributed by atoms with Gasteiger partial charge in [-0.1, -0.05) is 6.92 Å². The average molecular weight is 302 g/mol. The fourth-order valence-electron chi connectivity index (χ4n) is 1.60. The van der Waals surface area contributed by atoms with Crippen LogP contribution in [0.15, 0.2) is 18.2 Å². The molecule has 0 saturated heterocycles. The van der Waals surface area contributed by atoms with Crippen molar-refractivity contribution in [2.75, 3.05) is 11.1 Å². The molecule has 2 atom stereocenters. The molecule has 5 nitrogen and oxygen atoms in total. The average Bonchev–Trinajstić information content (AvgIpc) is 2.40. The summed E-state index contributed by atoms with van der Waals surface area (Å²) in [7, 11) is -3.60. The smallest absolute Gasteiger partial charge is 0.242 e. The van der Waals surface area contributed by atoms with Crippen LogP contribution in [0.2, 0.25) is 0 Å². The van der Waals surface area contributed by atoms with E-state index < -0.39 is 32.1 Å². The Bertz CT molecular complexity index is 602. The first-order valence-electron chi connectivity index (χ1n) is 6.28. The summed E-state index contributed by atoms with van der Waals surface area (Å²) in [5.74, 6) is -1.43. The van der Waals surface area contributed by atoms with E-state index in [0.29, 0.717) is 6.42 Å². The molecule has 3 N–H and O–H groups in total. The highest BCUT2D eigenvalue weighted by atomic mass is 32.2. The van der Waals surface area contributed by atoms with E-state index in [0.717, 1.165) is 6.07 Å². The maximum absolute atomic E-state index is 13.5. The minimum Gasteiger partial charge on any atom is -0.399 e. The maximum Gasteiger partial charge on any atom is 0.242 e. The van der Waals surface area contributed by atoms with Crippen LogP contribution in [0.3, 0.4) is 0 Å². The zero-order valence-electron chi connectivity index (χ0n) is 11.7. The minimum atomic E-state index is -3.60. The van der Waals surface area contributed by atoms with Crippen LogP contribution in [0.25, 0.3) is 0 Å². The van der Waals surface area contributed by atoms with Crippen molar-refractivity contribution in [3.8, 4) is 0 Å². The van der Waals surface area contributed by atoms with Crippen molar-refractivity contribution in [1.29, 1.82) is 0 Å². The van der Waals surface area contributed by atoms with Gasteiger partial charge in [0.1, 0.15) is 11.1 Å². The highest BCUT2D eigenvalue weighted by Gasteiger charge is 2.32. The Balaban J connectivity index is 2.94. The standard InChI is InChI=1S/C13H19FN2O3S/c1-4-8(2)20(18,19)9(3)13(17)16-12-7-10(15)5-6-11(12)14/h5-9H,4,15H2,1-3H3,(H,16,17). The summed E-state index contributed by atoms with van der Waals surface area (Å²) < 4.78 is 37.6. The Hall–Kier alpha value is -1.63. The Morgan fingerprint density at radius 1 is 1.40 bits per heavy atom. The van der Waals surface area contributed by atoms with Gasteiger partial charge >= 0.3 is 0 Å².